The van der Waals surface area contributed by atoms with Crippen LogP contribution in [0.3, 0.4) is 0 Å². The Morgan fingerprint density at radius 3 is 2.75 bits per heavy atom. The van der Waals surface area contributed by atoms with E-state index in [1.807, 2.05) is 19.9 Å². The molecule has 2 rings (SSSR count). The highest BCUT2D eigenvalue weighted by atomic mass is 16.4. The van der Waals surface area contributed by atoms with E-state index in [0.717, 1.165) is 30.6 Å². The van der Waals surface area contributed by atoms with Crippen molar-refractivity contribution in [1.82, 2.24) is 4.90 Å². The predicted octanol–water partition coefficient (Wildman–Crippen LogP) is 2.76. The summed E-state index contributed by atoms with van der Waals surface area (Å²) in [5, 5.41) is 8.81. The lowest BCUT2D eigenvalue weighted by Gasteiger charge is -2.35. The van der Waals surface area contributed by atoms with E-state index < -0.39 is 5.97 Å². The molecule has 0 aliphatic carbocycles. The molecule has 1 aliphatic rings. The van der Waals surface area contributed by atoms with E-state index in [1.54, 1.807) is 4.90 Å². The number of piperidine rings is 1. The minimum Gasteiger partial charge on any atom is -0.481 e. The number of furan rings is 1. The summed E-state index contributed by atoms with van der Waals surface area (Å²) in [5.74, 6) is 0.202. The van der Waals surface area contributed by atoms with Crippen LogP contribution < -0.4 is 0 Å². The van der Waals surface area contributed by atoms with Gasteiger partial charge in [-0.05, 0) is 45.6 Å². The smallest absolute Gasteiger partial charge is 0.303 e. The van der Waals surface area contributed by atoms with Crippen LogP contribution >= 0.6 is 0 Å². The number of aliphatic carboxylic acids is 1. The molecule has 5 heteroatoms. The molecule has 1 saturated heterocycles. The number of amides is 1. The van der Waals surface area contributed by atoms with Crippen molar-refractivity contribution in [3.8, 4) is 0 Å². The third-order valence-electron chi connectivity index (χ3n) is 3.81. The summed E-state index contributed by atoms with van der Waals surface area (Å²) in [6.45, 7) is 4.37. The Hall–Kier alpha value is -1.78. The van der Waals surface area contributed by atoms with Gasteiger partial charge >= 0.3 is 5.97 Å². The molecular formula is C15H21NO4. The number of rotatable bonds is 4. The molecule has 1 aromatic heterocycles. The lowest BCUT2D eigenvalue weighted by atomic mass is 9.97. The second-order valence-corrected chi connectivity index (χ2v) is 5.45. The van der Waals surface area contributed by atoms with Crippen molar-refractivity contribution in [2.45, 2.75) is 52.0 Å². The number of carboxylic acids is 1. The van der Waals surface area contributed by atoms with Gasteiger partial charge in [0.1, 0.15) is 5.76 Å². The fourth-order valence-electron chi connectivity index (χ4n) is 2.84. The van der Waals surface area contributed by atoms with Crippen molar-refractivity contribution >= 4 is 11.9 Å². The van der Waals surface area contributed by atoms with Gasteiger partial charge in [-0.3, -0.25) is 9.59 Å². The Balaban J connectivity index is 2.12. The fraction of sp³-hybridized carbons (Fsp3) is 0.600. The third-order valence-corrected chi connectivity index (χ3v) is 3.81. The molecule has 1 aromatic rings. The van der Waals surface area contributed by atoms with Gasteiger partial charge in [-0.1, -0.05) is 0 Å². The van der Waals surface area contributed by atoms with Crippen molar-refractivity contribution in [2.75, 3.05) is 6.54 Å². The number of nitrogens with zero attached hydrogens (tertiary/aromatic N) is 1. The van der Waals surface area contributed by atoms with Crippen LogP contribution in [0.15, 0.2) is 10.5 Å². The zero-order chi connectivity index (χ0) is 14.7. The molecule has 20 heavy (non-hydrogen) atoms. The summed E-state index contributed by atoms with van der Waals surface area (Å²) < 4.78 is 5.50. The summed E-state index contributed by atoms with van der Waals surface area (Å²) in [4.78, 5) is 25.1. The van der Waals surface area contributed by atoms with Gasteiger partial charge in [0, 0.05) is 24.6 Å². The average molecular weight is 279 g/mol. The van der Waals surface area contributed by atoms with E-state index in [9.17, 15) is 9.59 Å². The summed E-state index contributed by atoms with van der Waals surface area (Å²) >= 11 is 0. The van der Waals surface area contributed by atoms with Gasteiger partial charge in [0.2, 0.25) is 0 Å². The van der Waals surface area contributed by atoms with Crippen LogP contribution in [0.1, 0.15) is 54.0 Å². The molecule has 0 aromatic carbocycles. The third kappa shape index (κ3) is 3.21. The first-order valence-corrected chi connectivity index (χ1v) is 7.09. The van der Waals surface area contributed by atoms with Crippen molar-refractivity contribution < 1.29 is 19.1 Å². The highest BCUT2D eigenvalue weighted by molar-refractivity contribution is 5.93. The molecule has 0 spiro atoms. The van der Waals surface area contributed by atoms with E-state index in [2.05, 4.69) is 0 Å². The van der Waals surface area contributed by atoms with Crippen molar-refractivity contribution in [3.05, 3.63) is 23.2 Å². The molecule has 0 unspecified atom stereocenters. The Bertz CT molecular complexity index is 506. The first-order chi connectivity index (χ1) is 9.49. The van der Waals surface area contributed by atoms with Crippen LogP contribution in [0, 0.1) is 13.8 Å². The largest absolute Gasteiger partial charge is 0.481 e. The number of carbonyl (C=O) groups excluding carboxylic acids is 1. The van der Waals surface area contributed by atoms with E-state index in [0.29, 0.717) is 18.7 Å². The number of carboxylic acid groups (broad SMARTS) is 1. The van der Waals surface area contributed by atoms with E-state index >= 15 is 0 Å². The summed E-state index contributed by atoms with van der Waals surface area (Å²) in [7, 11) is 0. The number of hydrogen-bond acceptors (Lipinski definition) is 3. The van der Waals surface area contributed by atoms with Gasteiger partial charge in [-0.25, -0.2) is 0 Å². The highest BCUT2D eigenvalue weighted by Crippen LogP contribution is 2.25. The molecule has 0 bridgehead atoms. The van der Waals surface area contributed by atoms with Crippen LogP contribution in [-0.2, 0) is 4.79 Å². The lowest BCUT2D eigenvalue weighted by molar-refractivity contribution is -0.137. The first-order valence-electron chi connectivity index (χ1n) is 7.09. The maximum Gasteiger partial charge on any atom is 0.303 e. The van der Waals surface area contributed by atoms with E-state index in [4.69, 9.17) is 9.52 Å². The minimum atomic E-state index is -0.812. The maximum absolute atomic E-state index is 12.6. The summed E-state index contributed by atoms with van der Waals surface area (Å²) in [6.07, 6.45) is 3.50. The van der Waals surface area contributed by atoms with Gasteiger partial charge in [0.25, 0.3) is 5.91 Å². The van der Waals surface area contributed by atoms with Gasteiger partial charge in [0.05, 0.1) is 0 Å². The van der Waals surface area contributed by atoms with Gasteiger partial charge in [0.15, 0.2) is 5.76 Å². The van der Waals surface area contributed by atoms with E-state index in [1.165, 1.54) is 0 Å². The van der Waals surface area contributed by atoms with Crippen LogP contribution in [0.5, 0.6) is 0 Å². The molecular weight excluding hydrogens is 258 g/mol. The number of hydrogen-bond donors (Lipinski definition) is 1. The molecule has 0 saturated carbocycles. The van der Waals surface area contributed by atoms with Crippen molar-refractivity contribution in [2.24, 2.45) is 0 Å². The summed E-state index contributed by atoms with van der Waals surface area (Å²) in [5.41, 5.74) is 0.843. The molecule has 1 atom stereocenters. The van der Waals surface area contributed by atoms with E-state index in [-0.39, 0.29) is 18.4 Å². The monoisotopic (exact) mass is 279 g/mol. The summed E-state index contributed by atoms with van der Waals surface area (Å²) in [6, 6.07) is 1.86. The standard InChI is InChI=1S/C15H21NO4/c1-10-9-11(2)20-14(10)15(19)16-8-4-3-5-12(16)6-7-13(17)18/h9,12H,3-8H2,1-2H3,(H,17,18)/t12-/m0/s1. The SMILES string of the molecule is Cc1cc(C)c(C(=O)N2CCCC[C@H]2CCC(=O)O)o1. The van der Waals surface area contributed by atoms with Crippen molar-refractivity contribution in [1.29, 1.82) is 0 Å². The number of carbonyl (C=O) groups is 2. The second kappa shape index (κ2) is 6.11. The van der Waals surface area contributed by atoms with Gasteiger partial charge in [-0.15, -0.1) is 0 Å². The minimum absolute atomic E-state index is 0.0113. The Labute approximate surface area is 118 Å². The molecule has 1 aliphatic heterocycles. The fourth-order valence-corrected chi connectivity index (χ4v) is 2.84. The predicted molar refractivity (Wildman–Crippen MR) is 73.7 cm³/mol. The maximum atomic E-state index is 12.6. The molecule has 1 amide bonds. The van der Waals surface area contributed by atoms with Gasteiger partial charge in [-0.2, -0.15) is 0 Å². The Kier molecular flexibility index (Phi) is 4.47. The first kappa shape index (κ1) is 14.6. The van der Waals surface area contributed by atoms with Crippen molar-refractivity contribution in [3.63, 3.8) is 0 Å². The Morgan fingerprint density at radius 2 is 2.15 bits per heavy atom. The topological polar surface area (TPSA) is 70.8 Å². The van der Waals surface area contributed by atoms with Gasteiger partial charge < -0.3 is 14.4 Å². The molecule has 110 valence electrons. The Morgan fingerprint density at radius 1 is 1.40 bits per heavy atom. The molecule has 1 fully saturated rings. The quantitative estimate of drug-likeness (QED) is 0.920. The molecule has 5 nitrogen and oxygen atoms in total. The molecule has 2 heterocycles. The number of likely N-dealkylation sites (tertiary alicyclic amines) is 1. The lowest BCUT2D eigenvalue weighted by Crippen LogP contribution is -2.44. The van der Waals surface area contributed by atoms with Crippen LogP contribution in [0.4, 0.5) is 0 Å². The zero-order valence-corrected chi connectivity index (χ0v) is 12.0. The number of aryl methyl sites for hydroxylation is 2. The molecule has 1 N–H and O–H groups in total. The van der Waals surface area contributed by atoms with Crippen LogP contribution in [0.2, 0.25) is 0 Å². The van der Waals surface area contributed by atoms with Crippen LogP contribution in [0.25, 0.3) is 0 Å². The van der Waals surface area contributed by atoms with Crippen LogP contribution in [-0.4, -0.2) is 34.5 Å². The zero-order valence-electron chi connectivity index (χ0n) is 12.0. The normalized spacial score (nSPS) is 19.1. The highest BCUT2D eigenvalue weighted by Gasteiger charge is 2.30. The molecule has 0 radical (unpaired) electrons. The second-order valence-electron chi connectivity index (χ2n) is 5.45. The average Bonchev–Trinajstić information content (AvgIpc) is 2.75.